The molecule has 0 atom stereocenters. The number of nitrogens with one attached hydrogen (secondary N) is 1. The molecule has 3 rings (SSSR count). The van der Waals surface area contributed by atoms with E-state index < -0.39 is 0 Å². The predicted molar refractivity (Wildman–Crippen MR) is 95.7 cm³/mol. The van der Waals surface area contributed by atoms with Crippen LogP contribution in [-0.2, 0) is 6.54 Å². The molecular formula is C19H21N5O. The summed E-state index contributed by atoms with van der Waals surface area (Å²) < 4.78 is 1.65. The molecule has 0 saturated carbocycles. The van der Waals surface area contributed by atoms with Crippen molar-refractivity contribution in [2.24, 2.45) is 0 Å². The summed E-state index contributed by atoms with van der Waals surface area (Å²) in [6, 6.07) is 11.7. The van der Waals surface area contributed by atoms with Crippen molar-refractivity contribution in [3.05, 3.63) is 70.0 Å². The predicted octanol–water partition coefficient (Wildman–Crippen LogP) is 2.83. The number of hydrogen-bond donors (Lipinski definition) is 1. The number of carbonyl (C=O) groups is 1. The Bertz CT molecular complexity index is 929. The normalized spacial score (nSPS) is 10.7. The van der Waals surface area contributed by atoms with Gasteiger partial charge in [0.05, 0.1) is 12.2 Å². The quantitative estimate of drug-likeness (QED) is 0.796. The summed E-state index contributed by atoms with van der Waals surface area (Å²) in [4.78, 5) is 12.4. The highest BCUT2D eigenvalue weighted by Gasteiger charge is 2.12. The van der Waals surface area contributed by atoms with Gasteiger partial charge in [-0.25, -0.2) is 0 Å². The minimum atomic E-state index is -0.141. The van der Waals surface area contributed by atoms with Crippen molar-refractivity contribution < 1.29 is 4.79 Å². The van der Waals surface area contributed by atoms with Crippen LogP contribution in [-0.4, -0.2) is 26.1 Å². The lowest BCUT2D eigenvalue weighted by Crippen LogP contribution is -2.24. The molecule has 0 unspecified atom stereocenters. The van der Waals surface area contributed by atoms with Gasteiger partial charge in [-0.2, -0.15) is 4.68 Å². The Labute approximate surface area is 146 Å². The SMILES string of the molecule is Cc1ccc(C(=O)NCc2nnnn2-c2ccc(C)c(C)c2)cc1C. The average molecular weight is 335 g/mol. The Hall–Kier alpha value is -3.02. The van der Waals surface area contributed by atoms with Gasteiger partial charge >= 0.3 is 0 Å². The van der Waals surface area contributed by atoms with Crippen molar-refractivity contribution >= 4 is 5.91 Å². The molecule has 3 aromatic rings. The summed E-state index contributed by atoms with van der Waals surface area (Å²) in [5, 5.41) is 14.7. The molecule has 1 aromatic heterocycles. The van der Waals surface area contributed by atoms with Gasteiger partial charge in [0.1, 0.15) is 0 Å². The number of benzene rings is 2. The molecule has 25 heavy (non-hydrogen) atoms. The molecule has 2 aromatic carbocycles. The molecule has 1 N–H and O–H groups in total. The van der Waals surface area contributed by atoms with E-state index in [-0.39, 0.29) is 12.5 Å². The van der Waals surface area contributed by atoms with Gasteiger partial charge in [-0.05, 0) is 84.6 Å². The zero-order chi connectivity index (χ0) is 18.0. The molecule has 0 aliphatic heterocycles. The topological polar surface area (TPSA) is 72.7 Å². The maximum Gasteiger partial charge on any atom is 0.251 e. The Kier molecular flexibility index (Phi) is 4.61. The zero-order valence-corrected chi connectivity index (χ0v) is 14.9. The average Bonchev–Trinajstić information content (AvgIpc) is 3.06. The molecule has 0 fully saturated rings. The van der Waals surface area contributed by atoms with E-state index in [4.69, 9.17) is 0 Å². The highest BCUT2D eigenvalue weighted by molar-refractivity contribution is 5.94. The van der Waals surface area contributed by atoms with Gasteiger partial charge in [0, 0.05) is 5.56 Å². The van der Waals surface area contributed by atoms with Crippen LogP contribution in [0.1, 0.15) is 38.4 Å². The van der Waals surface area contributed by atoms with Crippen LogP contribution in [0.4, 0.5) is 0 Å². The first-order valence-corrected chi connectivity index (χ1v) is 8.16. The first-order valence-electron chi connectivity index (χ1n) is 8.16. The van der Waals surface area contributed by atoms with E-state index in [1.54, 1.807) is 4.68 Å². The number of amides is 1. The van der Waals surface area contributed by atoms with E-state index in [9.17, 15) is 4.79 Å². The standard InChI is InChI=1S/C19H21N5O/c1-12-5-7-16(9-14(12)3)19(25)20-11-18-21-22-23-24(18)17-8-6-13(2)15(4)10-17/h5-10H,11H2,1-4H3,(H,20,25). The van der Waals surface area contributed by atoms with Gasteiger partial charge in [-0.3, -0.25) is 4.79 Å². The first kappa shape index (κ1) is 16.8. The van der Waals surface area contributed by atoms with Crippen molar-refractivity contribution in [1.29, 1.82) is 0 Å². The fourth-order valence-corrected chi connectivity index (χ4v) is 2.52. The summed E-state index contributed by atoms with van der Waals surface area (Å²) >= 11 is 0. The minimum absolute atomic E-state index is 0.141. The summed E-state index contributed by atoms with van der Waals surface area (Å²) in [5.41, 5.74) is 6.14. The second-order valence-electron chi connectivity index (χ2n) is 6.26. The van der Waals surface area contributed by atoms with Crippen molar-refractivity contribution in [3.8, 4) is 5.69 Å². The maximum absolute atomic E-state index is 12.4. The lowest BCUT2D eigenvalue weighted by molar-refractivity contribution is 0.0949. The van der Waals surface area contributed by atoms with E-state index in [2.05, 4.69) is 27.8 Å². The molecule has 128 valence electrons. The van der Waals surface area contributed by atoms with Gasteiger partial charge in [0.2, 0.25) is 0 Å². The van der Waals surface area contributed by atoms with Gasteiger partial charge in [0.15, 0.2) is 5.82 Å². The maximum atomic E-state index is 12.4. The van der Waals surface area contributed by atoms with Crippen LogP contribution in [0.2, 0.25) is 0 Å². The third-order valence-corrected chi connectivity index (χ3v) is 4.45. The van der Waals surface area contributed by atoms with Crippen LogP contribution in [0.3, 0.4) is 0 Å². The van der Waals surface area contributed by atoms with Crippen LogP contribution in [0.5, 0.6) is 0 Å². The zero-order valence-electron chi connectivity index (χ0n) is 14.9. The fraction of sp³-hybridized carbons (Fsp3) is 0.263. The Balaban J connectivity index is 1.76. The largest absolute Gasteiger partial charge is 0.345 e. The Morgan fingerprint density at radius 1 is 0.960 bits per heavy atom. The van der Waals surface area contributed by atoms with Gasteiger partial charge in [-0.1, -0.05) is 12.1 Å². The van der Waals surface area contributed by atoms with E-state index in [0.29, 0.717) is 11.4 Å². The van der Waals surface area contributed by atoms with Crippen molar-refractivity contribution in [2.45, 2.75) is 34.2 Å². The van der Waals surface area contributed by atoms with Gasteiger partial charge in [0.25, 0.3) is 5.91 Å². The molecule has 1 amide bonds. The third-order valence-electron chi connectivity index (χ3n) is 4.45. The van der Waals surface area contributed by atoms with Gasteiger partial charge in [-0.15, -0.1) is 5.10 Å². The molecule has 0 aliphatic rings. The fourth-order valence-electron chi connectivity index (χ4n) is 2.52. The number of hydrogen-bond acceptors (Lipinski definition) is 4. The number of tetrazole rings is 1. The smallest absolute Gasteiger partial charge is 0.251 e. The molecule has 6 heteroatoms. The van der Waals surface area contributed by atoms with E-state index in [1.165, 1.54) is 5.56 Å². The number of aryl methyl sites for hydroxylation is 4. The first-order chi connectivity index (χ1) is 12.0. The number of aromatic nitrogens is 4. The highest BCUT2D eigenvalue weighted by atomic mass is 16.1. The summed E-state index contributed by atoms with van der Waals surface area (Å²) in [6.45, 7) is 8.38. The Morgan fingerprint density at radius 2 is 1.64 bits per heavy atom. The van der Waals surface area contributed by atoms with Crippen molar-refractivity contribution in [3.63, 3.8) is 0 Å². The van der Waals surface area contributed by atoms with Gasteiger partial charge < -0.3 is 5.32 Å². The molecule has 0 bridgehead atoms. The molecule has 6 nitrogen and oxygen atoms in total. The number of carbonyl (C=O) groups excluding carboxylic acids is 1. The monoisotopic (exact) mass is 335 g/mol. The van der Waals surface area contributed by atoms with Crippen LogP contribution >= 0.6 is 0 Å². The molecular weight excluding hydrogens is 314 g/mol. The lowest BCUT2D eigenvalue weighted by Gasteiger charge is -2.09. The Morgan fingerprint density at radius 3 is 2.32 bits per heavy atom. The summed E-state index contributed by atoms with van der Waals surface area (Å²) in [7, 11) is 0. The molecule has 0 aliphatic carbocycles. The third kappa shape index (κ3) is 3.57. The van der Waals surface area contributed by atoms with E-state index in [1.807, 2.05) is 57.2 Å². The lowest BCUT2D eigenvalue weighted by atomic mass is 10.1. The van der Waals surface area contributed by atoms with E-state index >= 15 is 0 Å². The summed E-state index contributed by atoms with van der Waals surface area (Å²) in [6.07, 6.45) is 0. The van der Waals surface area contributed by atoms with Crippen LogP contribution in [0, 0.1) is 27.7 Å². The molecule has 0 saturated heterocycles. The van der Waals surface area contributed by atoms with Crippen molar-refractivity contribution in [1.82, 2.24) is 25.5 Å². The summed E-state index contributed by atoms with van der Waals surface area (Å²) in [5.74, 6) is 0.443. The second-order valence-corrected chi connectivity index (χ2v) is 6.26. The molecule has 1 heterocycles. The highest BCUT2D eigenvalue weighted by Crippen LogP contribution is 2.14. The minimum Gasteiger partial charge on any atom is -0.345 e. The molecule has 0 radical (unpaired) electrons. The van der Waals surface area contributed by atoms with Crippen LogP contribution in [0.15, 0.2) is 36.4 Å². The molecule has 0 spiro atoms. The van der Waals surface area contributed by atoms with E-state index in [0.717, 1.165) is 22.4 Å². The van der Waals surface area contributed by atoms with Crippen LogP contribution < -0.4 is 5.32 Å². The number of rotatable bonds is 4. The van der Waals surface area contributed by atoms with Crippen LogP contribution in [0.25, 0.3) is 5.69 Å². The second kappa shape index (κ2) is 6.84. The number of nitrogens with zero attached hydrogens (tertiary/aromatic N) is 4. The van der Waals surface area contributed by atoms with Crippen molar-refractivity contribution in [2.75, 3.05) is 0 Å².